The number of hydrogen-bond donors (Lipinski definition) is 3. The summed E-state index contributed by atoms with van der Waals surface area (Å²) in [5, 5.41) is 19.2. The summed E-state index contributed by atoms with van der Waals surface area (Å²) in [7, 11) is 1.19. The van der Waals surface area contributed by atoms with Crippen molar-refractivity contribution in [1.29, 1.82) is 0 Å². The second-order valence-electron chi connectivity index (χ2n) is 3.65. The van der Waals surface area contributed by atoms with Crippen molar-refractivity contribution in [3.05, 3.63) is 29.3 Å². The number of hydrogen-bond acceptors (Lipinski definition) is 4. The number of aliphatic hydroxyl groups excluding tert-OH is 2. The van der Waals surface area contributed by atoms with E-state index in [1.54, 1.807) is 0 Å². The molecule has 2 unspecified atom stereocenters. The van der Waals surface area contributed by atoms with Gasteiger partial charge in [0.25, 0.3) is 0 Å². The van der Waals surface area contributed by atoms with Gasteiger partial charge in [0.2, 0.25) is 0 Å². The van der Waals surface area contributed by atoms with Crippen molar-refractivity contribution in [3.8, 4) is 5.75 Å². The molecule has 0 fully saturated rings. The maximum atomic E-state index is 12.5. The molecule has 0 spiro atoms. The van der Waals surface area contributed by atoms with Crippen molar-refractivity contribution in [2.75, 3.05) is 12.9 Å². The smallest absolute Gasteiger partial charge is 0.416 e. The van der Waals surface area contributed by atoms with E-state index in [1.807, 2.05) is 0 Å². The number of ether oxygens (including phenoxy) is 1. The molecule has 7 heteroatoms. The van der Waals surface area contributed by atoms with Gasteiger partial charge in [-0.15, -0.1) is 0 Å². The van der Waals surface area contributed by atoms with Gasteiger partial charge in [0.1, 0.15) is 11.9 Å². The van der Waals surface area contributed by atoms with E-state index in [2.05, 4.69) is 12.6 Å². The summed E-state index contributed by atoms with van der Waals surface area (Å²) >= 11 is 3.80. The van der Waals surface area contributed by atoms with Crippen molar-refractivity contribution in [2.45, 2.75) is 18.4 Å². The topological polar surface area (TPSA) is 49.7 Å². The van der Waals surface area contributed by atoms with Crippen molar-refractivity contribution >= 4 is 12.6 Å². The highest BCUT2D eigenvalue weighted by atomic mass is 32.1. The van der Waals surface area contributed by atoms with Crippen LogP contribution in [0.3, 0.4) is 0 Å². The van der Waals surface area contributed by atoms with Gasteiger partial charge in [0, 0.05) is 11.3 Å². The average Bonchev–Trinajstić information content (AvgIpc) is 2.35. The summed E-state index contributed by atoms with van der Waals surface area (Å²) in [6.45, 7) is 0. The lowest BCUT2D eigenvalue weighted by Crippen LogP contribution is -2.20. The van der Waals surface area contributed by atoms with E-state index in [9.17, 15) is 23.4 Å². The fraction of sp³-hybridized carbons (Fsp3) is 0.455. The van der Waals surface area contributed by atoms with Gasteiger partial charge in [-0.2, -0.15) is 25.8 Å². The van der Waals surface area contributed by atoms with Gasteiger partial charge >= 0.3 is 6.18 Å². The molecule has 0 aliphatic heterocycles. The fourth-order valence-corrected chi connectivity index (χ4v) is 1.64. The number of rotatable bonds is 4. The van der Waals surface area contributed by atoms with E-state index in [0.717, 1.165) is 18.2 Å². The molecule has 0 heterocycles. The minimum Gasteiger partial charge on any atom is -0.496 e. The van der Waals surface area contributed by atoms with Crippen molar-refractivity contribution in [2.24, 2.45) is 0 Å². The Labute approximate surface area is 108 Å². The van der Waals surface area contributed by atoms with Crippen molar-refractivity contribution < 1.29 is 28.1 Å². The van der Waals surface area contributed by atoms with E-state index in [-0.39, 0.29) is 17.1 Å². The maximum absolute atomic E-state index is 12.5. The first kappa shape index (κ1) is 15.1. The molecule has 3 nitrogen and oxygen atoms in total. The first-order chi connectivity index (χ1) is 8.31. The molecule has 2 atom stereocenters. The molecular formula is C11H13F3O3S. The molecule has 18 heavy (non-hydrogen) atoms. The average molecular weight is 282 g/mol. The number of methoxy groups -OCH3 is 1. The molecule has 0 aromatic heterocycles. The fourth-order valence-electron chi connectivity index (χ4n) is 1.44. The monoisotopic (exact) mass is 282 g/mol. The second kappa shape index (κ2) is 5.81. The van der Waals surface area contributed by atoms with Gasteiger partial charge in [0.15, 0.2) is 0 Å². The largest absolute Gasteiger partial charge is 0.496 e. The van der Waals surface area contributed by atoms with Gasteiger partial charge in [-0.1, -0.05) is 6.07 Å². The molecule has 102 valence electrons. The quantitative estimate of drug-likeness (QED) is 0.741. The molecule has 0 saturated heterocycles. The first-order valence-electron chi connectivity index (χ1n) is 5.03. The predicted octanol–water partition coefficient (Wildman–Crippen LogP) is 2.04. The molecule has 0 amide bonds. The third kappa shape index (κ3) is 3.30. The Balaban J connectivity index is 3.15. The number of halogens is 3. The Hall–Kier alpha value is -0.920. The standard InChI is InChI=1S/C11H13F3O3S/c1-17-9-4-6(11(12,13)14)2-3-7(9)10(16)8(15)5-18/h2-4,8,10,15-16,18H,5H2,1H3. The summed E-state index contributed by atoms with van der Waals surface area (Å²) in [6.07, 6.45) is -7.02. The third-order valence-electron chi connectivity index (χ3n) is 2.43. The van der Waals surface area contributed by atoms with E-state index in [1.165, 1.54) is 7.11 Å². The minimum atomic E-state index is -4.49. The molecule has 0 aliphatic rings. The third-order valence-corrected chi connectivity index (χ3v) is 2.81. The summed E-state index contributed by atoms with van der Waals surface area (Å²) < 4.78 is 42.2. The molecular weight excluding hydrogens is 269 g/mol. The van der Waals surface area contributed by atoms with E-state index >= 15 is 0 Å². The number of alkyl halides is 3. The van der Waals surface area contributed by atoms with Gasteiger partial charge in [0.05, 0.1) is 18.8 Å². The lowest BCUT2D eigenvalue weighted by molar-refractivity contribution is -0.137. The molecule has 0 bridgehead atoms. The molecule has 1 aromatic rings. The number of benzene rings is 1. The molecule has 2 N–H and O–H groups in total. The Morgan fingerprint density at radius 1 is 1.33 bits per heavy atom. The highest BCUT2D eigenvalue weighted by molar-refractivity contribution is 7.80. The second-order valence-corrected chi connectivity index (χ2v) is 4.01. The number of thiol groups is 1. The van der Waals surface area contributed by atoms with Crippen LogP contribution < -0.4 is 4.74 Å². The molecule has 1 aromatic carbocycles. The molecule has 0 radical (unpaired) electrons. The van der Waals surface area contributed by atoms with E-state index in [0.29, 0.717) is 0 Å². The molecule has 0 aliphatic carbocycles. The Morgan fingerprint density at radius 2 is 1.94 bits per heavy atom. The highest BCUT2D eigenvalue weighted by Gasteiger charge is 2.32. The van der Waals surface area contributed by atoms with Crippen LogP contribution in [0.5, 0.6) is 5.75 Å². The minimum absolute atomic E-state index is 0.0225. The number of aliphatic hydroxyl groups is 2. The van der Waals surface area contributed by atoms with E-state index < -0.39 is 23.9 Å². The van der Waals surface area contributed by atoms with Crippen molar-refractivity contribution in [1.82, 2.24) is 0 Å². The predicted molar refractivity (Wildman–Crippen MR) is 62.8 cm³/mol. The molecule has 1 rings (SSSR count). The van der Waals surface area contributed by atoms with Crippen LogP contribution in [0.1, 0.15) is 17.2 Å². The summed E-state index contributed by atoms with van der Waals surface area (Å²) in [5.41, 5.74) is -0.789. The van der Waals surface area contributed by atoms with Crippen molar-refractivity contribution in [3.63, 3.8) is 0 Å². The van der Waals surface area contributed by atoms with Crippen LogP contribution in [0, 0.1) is 0 Å². The first-order valence-corrected chi connectivity index (χ1v) is 5.66. The van der Waals surface area contributed by atoms with Crippen LogP contribution in [-0.4, -0.2) is 29.2 Å². The highest BCUT2D eigenvalue weighted by Crippen LogP contribution is 2.35. The van der Waals surface area contributed by atoms with Gasteiger partial charge in [-0.3, -0.25) is 0 Å². The van der Waals surface area contributed by atoms with Gasteiger partial charge in [-0.25, -0.2) is 0 Å². The van der Waals surface area contributed by atoms with Crippen LogP contribution >= 0.6 is 12.6 Å². The van der Waals surface area contributed by atoms with Gasteiger partial charge < -0.3 is 14.9 Å². The Morgan fingerprint density at radius 3 is 2.39 bits per heavy atom. The molecule has 0 saturated carbocycles. The summed E-state index contributed by atoms with van der Waals surface area (Å²) in [6, 6.07) is 2.69. The SMILES string of the molecule is COc1cc(C(F)(F)F)ccc1C(O)C(O)CS. The lowest BCUT2D eigenvalue weighted by atomic mass is 10.0. The zero-order valence-electron chi connectivity index (χ0n) is 9.48. The van der Waals surface area contributed by atoms with Crippen LogP contribution in [0.4, 0.5) is 13.2 Å². The Bertz CT molecular complexity index is 409. The van der Waals surface area contributed by atoms with E-state index in [4.69, 9.17) is 4.74 Å². The lowest BCUT2D eigenvalue weighted by Gasteiger charge is -2.19. The van der Waals surface area contributed by atoms with Gasteiger partial charge in [-0.05, 0) is 12.1 Å². The summed E-state index contributed by atoms with van der Waals surface area (Å²) in [5.74, 6) is -0.149. The van der Waals surface area contributed by atoms with Crippen LogP contribution in [-0.2, 0) is 6.18 Å². The maximum Gasteiger partial charge on any atom is 0.416 e. The zero-order chi connectivity index (χ0) is 13.9. The Kier molecular flexibility index (Phi) is 4.89. The normalized spacial score (nSPS) is 15.3. The zero-order valence-corrected chi connectivity index (χ0v) is 10.4. The van der Waals surface area contributed by atoms with Crippen LogP contribution in [0.25, 0.3) is 0 Å². The van der Waals surface area contributed by atoms with Crippen LogP contribution in [0.2, 0.25) is 0 Å². The van der Waals surface area contributed by atoms with Crippen LogP contribution in [0.15, 0.2) is 18.2 Å². The summed E-state index contributed by atoms with van der Waals surface area (Å²) in [4.78, 5) is 0.